The van der Waals surface area contributed by atoms with Crippen molar-refractivity contribution in [2.75, 3.05) is 31.7 Å². The molecule has 1 saturated heterocycles. The first-order valence-corrected chi connectivity index (χ1v) is 10.0. The summed E-state index contributed by atoms with van der Waals surface area (Å²) in [7, 11) is 1.76. The largest absolute Gasteiger partial charge is 0.491 e. The third-order valence-electron chi connectivity index (χ3n) is 5.55. The average molecular weight is 395 g/mol. The molecule has 3 aromatic heterocycles. The maximum Gasteiger partial charge on any atom is 0.178 e. The number of imidazole rings is 1. The molecule has 9 heteroatoms. The summed E-state index contributed by atoms with van der Waals surface area (Å²) in [5.74, 6) is 3.36. The molecular formula is C20H25N7O2. The van der Waals surface area contributed by atoms with E-state index in [0.29, 0.717) is 6.61 Å². The van der Waals surface area contributed by atoms with E-state index in [9.17, 15) is 0 Å². The fourth-order valence-electron chi connectivity index (χ4n) is 3.99. The fourth-order valence-corrected chi connectivity index (χ4v) is 3.99. The Morgan fingerprint density at radius 2 is 2.10 bits per heavy atom. The van der Waals surface area contributed by atoms with Gasteiger partial charge in [0.25, 0.3) is 0 Å². The van der Waals surface area contributed by atoms with E-state index in [0.717, 1.165) is 60.5 Å². The molecule has 0 radical (unpaired) electrons. The topological polar surface area (TPSA) is 83.1 Å². The zero-order valence-corrected chi connectivity index (χ0v) is 16.9. The predicted octanol–water partition coefficient (Wildman–Crippen LogP) is 2.40. The van der Waals surface area contributed by atoms with Gasteiger partial charge in [-0.15, -0.1) is 0 Å². The Hall–Kier alpha value is -2.94. The van der Waals surface area contributed by atoms with Crippen LogP contribution in [0.2, 0.25) is 0 Å². The number of anilines is 1. The molecule has 5 heterocycles. The van der Waals surface area contributed by atoms with Crippen molar-refractivity contribution in [1.82, 2.24) is 29.3 Å². The Balaban J connectivity index is 1.51. The van der Waals surface area contributed by atoms with E-state index in [2.05, 4.69) is 33.4 Å². The smallest absolute Gasteiger partial charge is 0.178 e. The lowest BCUT2D eigenvalue weighted by atomic mass is 10.2. The molecule has 0 unspecified atom stereocenters. The van der Waals surface area contributed by atoms with Crippen LogP contribution in [-0.2, 0) is 11.3 Å². The van der Waals surface area contributed by atoms with E-state index in [1.54, 1.807) is 13.4 Å². The molecule has 1 atom stereocenters. The predicted molar refractivity (Wildman–Crippen MR) is 108 cm³/mol. The minimum atomic E-state index is 0.213. The normalized spacial score (nSPS) is 18.5. The van der Waals surface area contributed by atoms with Gasteiger partial charge in [-0.1, -0.05) is 0 Å². The molecule has 2 aliphatic heterocycles. The van der Waals surface area contributed by atoms with Gasteiger partial charge in [-0.3, -0.25) is 0 Å². The first-order valence-electron chi connectivity index (χ1n) is 10.0. The van der Waals surface area contributed by atoms with Crippen LogP contribution in [0.15, 0.2) is 24.8 Å². The highest BCUT2D eigenvalue weighted by Gasteiger charge is 2.26. The van der Waals surface area contributed by atoms with Gasteiger partial charge >= 0.3 is 0 Å². The Kier molecular flexibility index (Phi) is 4.46. The van der Waals surface area contributed by atoms with Gasteiger partial charge in [-0.05, 0) is 20.3 Å². The maximum atomic E-state index is 6.04. The van der Waals surface area contributed by atoms with Crippen molar-refractivity contribution < 1.29 is 9.47 Å². The average Bonchev–Trinajstić information content (AvgIpc) is 3.45. The summed E-state index contributed by atoms with van der Waals surface area (Å²) in [6, 6.07) is 2.24. The molecule has 0 N–H and O–H groups in total. The molecule has 0 aliphatic carbocycles. The van der Waals surface area contributed by atoms with Gasteiger partial charge in [-0.2, -0.15) is 5.10 Å². The van der Waals surface area contributed by atoms with Crippen LogP contribution < -0.4 is 9.64 Å². The van der Waals surface area contributed by atoms with Gasteiger partial charge < -0.3 is 18.9 Å². The zero-order valence-electron chi connectivity index (χ0n) is 16.9. The van der Waals surface area contributed by atoms with Crippen LogP contribution in [0, 0.1) is 0 Å². The lowest BCUT2D eigenvalue weighted by molar-refractivity contribution is 0.121. The summed E-state index contributed by atoms with van der Waals surface area (Å²) in [4.78, 5) is 16.2. The Bertz CT molecular complexity index is 1030. The zero-order chi connectivity index (χ0) is 20.0. The minimum Gasteiger partial charge on any atom is -0.491 e. The molecule has 0 aromatic carbocycles. The Labute approximate surface area is 169 Å². The second-order valence-corrected chi connectivity index (χ2v) is 7.74. The Morgan fingerprint density at radius 1 is 1.21 bits per heavy atom. The lowest BCUT2D eigenvalue weighted by Gasteiger charge is -2.18. The van der Waals surface area contributed by atoms with Gasteiger partial charge in [0.15, 0.2) is 5.82 Å². The van der Waals surface area contributed by atoms with Gasteiger partial charge in [0, 0.05) is 44.7 Å². The number of ether oxygens (including phenoxy) is 2. The molecule has 29 heavy (non-hydrogen) atoms. The molecule has 1 fully saturated rings. The highest BCUT2D eigenvalue weighted by Crippen LogP contribution is 2.36. The third-order valence-corrected chi connectivity index (χ3v) is 5.55. The molecule has 5 rings (SSSR count). The van der Waals surface area contributed by atoms with Crippen molar-refractivity contribution in [1.29, 1.82) is 0 Å². The monoisotopic (exact) mass is 395 g/mol. The van der Waals surface area contributed by atoms with Crippen molar-refractivity contribution >= 4 is 5.82 Å². The molecule has 0 bridgehead atoms. The van der Waals surface area contributed by atoms with E-state index >= 15 is 0 Å². The van der Waals surface area contributed by atoms with E-state index < -0.39 is 0 Å². The van der Waals surface area contributed by atoms with Crippen molar-refractivity contribution in [3.05, 3.63) is 24.8 Å². The van der Waals surface area contributed by atoms with E-state index in [1.807, 2.05) is 23.1 Å². The standard InChI is InChI=1S/C20H25N7O2/c1-13(2)27-20(22-12-23-27)16-11-26-6-7-29-17-8-18(21-9-15(17)19(26)24-16)25-5-4-14(10-25)28-3/h8-9,11-14H,4-7,10H2,1-3H3/t14-/m1/s1. The lowest BCUT2D eigenvalue weighted by Crippen LogP contribution is -2.23. The van der Waals surface area contributed by atoms with E-state index in [4.69, 9.17) is 19.4 Å². The van der Waals surface area contributed by atoms with Gasteiger partial charge in [-0.25, -0.2) is 19.6 Å². The third kappa shape index (κ3) is 3.15. The van der Waals surface area contributed by atoms with Crippen LogP contribution in [-0.4, -0.2) is 62.2 Å². The SMILES string of the molecule is CO[C@@H]1CCN(c2cc3c(cn2)-c2nc(-c4ncnn4C(C)C)cn2CCO3)C1. The fraction of sp³-hybridized carbons (Fsp3) is 0.500. The highest BCUT2D eigenvalue weighted by atomic mass is 16.5. The van der Waals surface area contributed by atoms with Gasteiger partial charge in [0.05, 0.1) is 18.2 Å². The van der Waals surface area contributed by atoms with Crippen molar-refractivity contribution in [3.63, 3.8) is 0 Å². The summed E-state index contributed by atoms with van der Waals surface area (Å²) in [6.45, 7) is 7.26. The molecule has 9 nitrogen and oxygen atoms in total. The number of aromatic nitrogens is 6. The molecule has 0 spiro atoms. The summed E-state index contributed by atoms with van der Waals surface area (Å²) in [5, 5.41) is 4.33. The molecule has 152 valence electrons. The summed E-state index contributed by atoms with van der Waals surface area (Å²) in [6.07, 6.45) is 6.74. The van der Waals surface area contributed by atoms with Crippen molar-refractivity contribution in [2.24, 2.45) is 0 Å². The first-order chi connectivity index (χ1) is 14.1. The van der Waals surface area contributed by atoms with Crippen LogP contribution >= 0.6 is 0 Å². The van der Waals surface area contributed by atoms with Crippen LogP contribution in [0.25, 0.3) is 22.9 Å². The number of fused-ring (bicyclic) bond motifs is 3. The van der Waals surface area contributed by atoms with E-state index in [-0.39, 0.29) is 12.1 Å². The van der Waals surface area contributed by atoms with Gasteiger partial charge in [0.1, 0.15) is 36.0 Å². The number of hydrogen-bond donors (Lipinski definition) is 0. The number of methoxy groups -OCH3 is 1. The van der Waals surface area contributed by atoms with Crippen molar-refractivity contribution in [3.8, 4) is 28.7 Å². The molecule has 2 aliphatic rings. The van der Waals surface area contributed by atoms with Gasteiger partial charge in [0.2, 0.25) is 0 Å². The van der Waals surface area contributed by atoms with Crippen LogP contribution in [0.3, 0.4) is 0 Å². The number of pyridine rings is 1. The second-order valence-electron chi connectivity index (χ2n) is 7.74. The molecule has 3 aromatic rings. The summed E-state index contributed by atoms with van der Waals surface area (Å²) >= 11 is 0. The van der Waals surface area contributed by atoms with Crippen LogP contribution in [0.1, 0.15) is 26.3 Å². The molecule has 0 saturated carbocycles. The first kappa shape index (κ1) is 18.1. The van der Waals surface area contributed by atoms with Crippen LogP contribution in [0.4, 0.5) is 5.82 Å². The minimum absolute atomic E-state index is 0.213. The number of hydrogen-bond acceptors (Lipinski definition) is 7. The van der Waals surface area contributed by atoms with Crippen LogP contribution in [0.5, 0.6) is 5.75 Å². The van der Waals surface area contributed by atoms with Crippen molar-refractivity contribution in [2.45, 2.75) is 39.0 Å². The quantitative estimate of drug-likeness (QED) is 0.671. The number of rotatable bonds is 4. The molecule has 0 amide bonds. The second kappa shape index (κ2) is 7.14. The Morgan fingerprint density at radius 3 is 2.90 bits per heavy atom. The highest BCUT2D eigenvalue weighted by molar-refractivity contribution is 5.69. The number of nitrogens with zero attached hydrogens (tertiary/aromatic N) is 7. The summed E-state index contributed by atoms with van der Waals surface area (Å²) < 4.78 is 15.5. The van der Waals surface area contributed by atoms with E-state index in [1.165, 1.54) is 0 Å². The summed E-state index contributed by atoms with van der Waals surface area (Å²) in [5.41, 5.74) is 1.71. The maximum absolute atomic E-state index is 6.04. The molecular weight excluding hydrogens is 370 g/mol.